The zero-order valence-electron chi connectivity index (χ0n) is 15.4. The second-order valence-electron chi connectivity index (χ2n) is 7.79. The average molecular weight is 354 g/mol. The van der Waals surface area contributed by atoms with Crippen molar-refractivity contribution in [3.05, 3.63) is 36.0 Å². The van der Waals surface area contributed by atoms with Crippen LogP contribution >= 0.6 is 0 Å². The molecule has 2 N–H and O–H groups in total. The Bertz CT molecular complexity index is 830. The zero-order valence-corrected chi connectivity index (χ0v) is 15.4. The monoisotopic (exact) mass is 354 g/mol. The quantitative estimate of drug-likeness (QED) is 0.881. The highest BCUT2D eigenvalue weighted by Crippen LogP contribution is 2.24. The molecule has 0 aliphatic carbocycles. The van der Waals surface area contributed by atoms with Crippen LogP contribution in [0.25, 0.3) is 10.9 Å². The minimum Gasteiger partial charge on any atom is -0.361 e. The molecule has 3 atom stereocenters. The predicted octanol–water partition coefficient (Wildman–Crippen LogP) is 1.70. The maximum Gasteiger partial charge on any atom is 0.252 e. The molecule has 138 valence electrons. The van der Waals surface area contributed by atoms with Crippen molar-refractivity contribution < 1.29 is 9.59 Å². The summed E-state index contributed by atoms with van der Waals surface area (Å²) in [6, 6.07) is 7.62. The fourth-order valence-corrected chi connectivity index (χ4v) is 4.26. The number of benzene rings is 1. The van der Waals surface area contributed by atoms with E-state index in [1.807, 2.05) is 35.4 Å². The summed E-state index contributed by atoms with van der Waals surface area (Å²) < 4.78 is 0. The maximum absolute atomic E-state index is 12.8. The Morgan fingerprint density at radius 1 is 1.19 bits per heavy atom. The molecule has 3 heterocycles. The normalized spacial score (nSPS) is 26.5. The number of aromatic amines is 1. The molecule has 4 rings (SSSR count). The number of likely N-dealkylation sites (tertiary alicyclic amines) is 2. The van der Waals surface area contributed by atoms with Gasteiger partial charge in [0.25, 0.3) is 5.91 Å². The summed E-state index contributed by atoms with van der Waals surface area (Å²) in [5.74, 6) is 0.537. The number of rotatable bonds is 3. The molecule has 2 aromatic rings. The Balaban J connectivity index is 1.43. The van der Waals surface area contributed by atoms with Crippen LogP contribution in [0.2, 0.25) is 0 Å². The van der Waals surface area contributed by atoms with Crippen LogP contribution in [0.15, 0.2) is 30.5 Å². The van der Waals surface area contributed by atoms with Gasteiger partial charge in [-0.3, -0.25) is 9.59 Å². The van der Waals surface area contributed by atoms with Crippen LogP contribution in [0.1, 0.15) is 23.7 Å². The van der Waals surface area contributed by atoms with Crippen molar-refractivity contribution in [1.29, 1.82) is 0 Å². The molecule has 2 amide bonds. The van der Waals surface area contributed by atoms with Crippen molar-refractivity contribution in [1.82, 2.24) is 20.1 Å². The maximum atomic E-state index is 12.8. The lowest BCUT2D eigenvalue weighted by molar-refractivity contribution is -0.134. The first kappa shape index (κ1) is 17.1. The molecule has 2 aliphatic rings. The molecular formula is C20H26N4O2. The van der Waals surface area contributed by atoms with E-state index >= 15 is 0 Å². The summed E-state index contributed by atoms with van der Waals surface area (Å²) in [5, 5.41) is 4.08. The second-order valence-corrected chi connectivity index (χ2v) is 7.79. The number of amides is 2. The number of hydrogen-bond donors (Lipinski definition) is 2. The van der Waals surface area contributed by atoms with Crippen molar-refractivity contribution in [2.24, 2.45) is 11.8 Å². The third-order valence-electron chi connectivity index (χ3n) is 5.82. The molecule has 0 saturated carbocycles. The summed E-state index contributed by atoms with van der Waals surface area (Å²) in [6.45, 7) is 5.26. The van der Waals surface area contributed by atoms with E-state index in [2.05, 4.69) is 29.2 Å². The second kappa shape index (κ2) is 6.76. The topological polar surface area (TPSA) is 68.4 Å². The van der Waals surface area contributed by atoms with Gasteiger partial charge in [-0.15, -0.1) is 0 Å². The molecular weight excluding hydrogens is 328 g/mol. The Labute approximate surface area is 153 Å². The van der Waals surface area contributed by atoms with Gasteiger partial charge in [0, 0.05) is 42.3 Å². The van der Waals surface area contributed by atoms with Crippen LogP contribution in [-0.2, 0) is 4.79 Å². The molecule has 26 heavy (non-hydrogen) atoms. The van der Waals surface area contributed by atoms with Crippen molar-refractivity contribution in [3.8, 4) is 0 Å². The lowest BCUT2D eigenvalue weighted by atomic mass is 10.0. The molecule has 2 saturated heterocycles. The van der Waals surface area contributed by atoms with E-state index in [9.17, 15) is 9.59 Å². The lowest BCUT2D eigenvalue weighted by Crippen LogP contribution is -2.41. The molecule has 2 aliphatic heterocycles. The summed E-state index contributed by atoms with van der Waals surface area (Å²) >= 11 is 0. The minimum absolute atomic E-state index is 0.000203. The number of H-pyrrole nitrogens is 1. The highest BCUT2D eigenvalue weighted by molar-refractivity contribution is 6.06. The van der Waals surface area contributed by atoms with Gasteiger partial charge in [-0.1, -0.05) is 13.0 Å². The number of hydrogen-bond acceptors (Lipinski definition) is 3. The van der Waals surface area contributed by atoms with Gasteiger partial charge in [0.15, 0.2) is 0 Å². The van der Waals surface area contributed by atoms with Crippen molar-refractivity contribution >= 4 is 22.7 Å². The van der Waals surface area contributed by atoms with Gasteiger partial charge in [-0.05, 0) is 44.1 Å². The smallest absolute Gasteiger partial charge is 0.252 e. The first-order valence-electron chi connectivity index (χ1n) is 9.37. The molecule has 2 fully saturated rings. The third kappa shape index (κ3) is 3.09. The average Bonchev–Trinajstić information content (AvgIpc) is 3.34. The van der Waals surface area contributed by atoms with Gasteiger partial charge in [0.1, 0.15) is 0 Å². The van der Waals surface area contributed by atoms with E-state index in [0.29, 0.717) is 12.1 Å². The third-order valence-corrected chi connectivity index (χ3v) is 5.82. The van der Waals surface area contributed by atoms with Gasteiger partial charge in [0.05, 0.1) is 12.0 Å². The van der Waals surface area contributed by atoms with Crippen LogP contribution in [0.4, 0.5) is 0 Å². The van der Waals surface area contributed by atoms with Gasteiger partial charge in [-0.2, -0.15) is 0 Å². The SMILES string of the molecule is C[C@@H]1CN(C(=O)[C@H]2CCN(C)C2)C[C@H]1NC(=O)c1cccc2[nH]ccc12. The van der Waals surface area contributed by atoms with E-state index in [0.717, 1.165) is 37.0 Å². The fourth-order valence-electron chi connectivity index (χ4n) is 4.26. The minimum atomic E-state index is -0.0676. The number of nitrogens with zero attached hydrogens (tertiary/aromatic N) is 2. The Morgan fingerprint density at radius 3 is 2.81 bits per heavy atom. The summed E-state index contributed by atoms with van der Waals surface area (Å²) in [7, 11) is 2.06. The molecule has 1 aromatic heterocycles. The fraction of sp³-hybridized carbons (Fsp3) is 0.500. The zero-order chi connectivity index (χ0) is 18.3. The van der Waals surface area contributed by atoms with E-state index in [1.165, 1.54) is 0 Å². The van der Waals surface area contributed by atoms with E-state index < -0.39 is 0 Å². The highest BCUT2D eigenvalue weighted by Gasteiger charge is 2.37. The van der Waals surface area contributed by atoms with Crippen molar-refractivity contribution in [2.45, 2.75) is 19.4 Å². The summed E-state index contributed by atoms with van der Waals surface area (Å²) in [5.41, 5.74) is 1.64. The van der Waals surface area contributed by atoms with Crippen LogP contribution in [0.3, 0.4) is 0 Å². The van der Waals surface area contributed by atoms with E-state index in [-0.39, 0.29) is 29.7 Å². The summed E-state index contributed by atoms with van der Waals surface area (Å²) in [6.07, 6.45) is 2.78. The molecule has 6 heteroatoms. The number of aromatic nitrogens is 1. The standard InChI is InChI=1S/C20H26N4O2/c1-13-10-24(20(26)14-7-9-23(2)11-14)12-18(13)22-19(25)16-4-3-5-17-15(16)6-8-21-17/h3-6,8,13-14,18,21H,7,9-12H2,1-2H3,(H,22,25)/t13-,14+,18-/m1/s1. The Morgan fingerprint density at radius 2 is 2.04 bits per heavy atom. The largest absolute Gasteiger partial charge is 0.361 e. The van der Waals surface area contributed by atoms with Crippen molar-refractivity contribution in [3.63, 3.8) is 0 Å². The molecule has 0 unspecified atom stereocenters. The predicted molar refractivity (Wildman–Crippen MR) is 101 cm³/mol. The lowest BCUT2D eigenvalue weighted by Gasteiger charge is -2.21. The van der Waals surface area contributed by atoms with Gasteiger partial charge in [0.2, 0.25) is 5.91 Å². The van der Waals surface area contributed by atoms with Crippen LogP contribution in [0, 0.1) is 11.8 Å². The van der Waals surface area contributed by atoms with Gasteiger partial charge in [-0.25, -0.2) is 0 Å². The number of fused-ring (bicyclic) bond motifs is 1. The first-order valence-corrected chi connectivity index (χ1v) is 9.37. The highest BCUT2D eigenvalue weighted by atomic mass is 16.2. The van der Waals surface area contributed by atoms with Crippen LogP contribution in [0.5, 0.6) is 0 Å². The molecule has 1 aromatic carbocycles. The first-order chi connectivity index (χ1) is 12.5. The van der Waals surface area contributed by atoms with Crippen LogP contribution in [-0.4, -0.2) is 65.9 Å². The Hall–Kier alpha value is -2.34. The van der Waals surface area contributed by atoms with Gasteiger partial charge >= 0.3 is 0 Å². The number of nitrogens with one attached hydrogen (secondary N) is 2. The van der Waals surface area contributed by atoms with Crippen molar-refractivity contribution in [2.75, 3.05) is 33.2 Å². The van der Waals surface area contributed by atoms with E-state index in [1.54, 1.807) is 0 Å². The molecule has 0 radical (unpaired) electrons. The number of carbonyl (C=O) groups excluding carboxylic acids is 2. The molecule has 0 bridgehead atoms. The van der Waals surface area contributed by atoms with Crippen LogP contribution < -0.4 is 5.32 Å². The summed E-state index contributed by atoms with van der Waals surface area (Å²) in [4.78, 5) is 32.8. The molecule has 6 nitrogen and oxygen atoms in total. The van der Waals surface area contributed by atoms with E-state index in [4.69, 9.17) is 0 Å². The van der Waals surface area contributed by atoms with Gasteiger partial charge < -0.3 is 20.1 Å². The Kier molecular flexibility index (Phi) is 4.44. The molecule has 0 spiro atoms. The number of carbonyl (C=O) groups is 2.